The van der Waals surface area contributed by atoms with E-state index in [4.69, 9.17) is 5.26 Å². The maximum Gasteiger partial charge on any atom is 0.101 e. The second kappa shape index (κ2) is 4.41. The van der Waals surface area contributed by atoms with Gasteiger partial charge in [0.25, 0.3) is 0 Å². The lowest BCUT2D eigenvalue weighted by Gasteiger charge is -1.98. The number of nitriles is 1. The van der Waals surface area contributed by atoms with Crippen LogP contribution in [0.15, 0.2) is 36.7 Å². The third-order valence-electron chi connectivity index (χ3n) is 2.21. The van der Waals surface area contributed by atoms with Crippen LogP contribution in [0.2, 0.25) is 0 Å². The van der Waals surface area contributed by atoms with E-state index in [2.05, 4.69) is 16.2 Å². The Morgan fingerprint density at radius 2 is 2.25 bits per heavy atom. The number of rotatable bonds is 2. The molecule has 0 saturated heterocycles. The lowest BCUT2D eigenvalue weighted by Crippen LogP contribution is -1.93. The lowest BCUT2D eigenvalue weighted by molar-refractivity contribution is 0.760. The van der Waals surface area contributed by atoms with Gasteiger partial charge >= 0.3 is 0 Å². The Hall–Kier alpha value is -2.41. The summed E-state index contributed by atoms with van der Waals surface area (Å²) in [7, 11) is 1.83. The van der Waals surface area contributed by atoms with Crippen LogP contribution in [0.25, 0.3) is 11.6 Å². The molecule has 0 aliphatic heterocycles. The Morgan fingerprint density at radius 1 is 1.38 bits per heavy atom. The van der Waals surface area contributed by atoms with Crippen molar-refractivity contribution in [3.63, 3.8) is 0 Å². The molecule has 0 unspecified atom stereocenters. The summed E-state index contributed by atoms with van der Waals surface area (Å²) in [5.74, 6) is 0. The molecule has 0 aliphatic carbocycles. The zero-order valence-corrected chi connectivity index (χ0v) is 8.83. The van der Waals surface area contributed by atoms with Crippen molar-refractivity contribution < 1.29 is 0 Å². The monoisotopic (exact) mass is 210 g/mol. The molecule has 0 N–H and O–H groups in total. The Labute approximate surface area is 93.5 Å². The summed E-state index contributed by atoms with van der Waals surface area (Å²) in [5.41, 5.74) is 2.08. The van der Waals surface area contributed by atoms with Crippen LogP contribution >= 0.6 is 0 Å². The second-order valence-electron chi connectivity index (χ2n) is 3.26. The van der Waals surface area contributed by atoms with Gasteiger partial charge in [0.2, 0.25) is 0 Å². The first-order chi connectivity index (χ1) is 7.81. The van der Waals surface area contributed by atoms with Gasteiger partial charge in [0.05, 0.1) is 17.0 Å². The van der Waals surface area contributed by atoms with Gasteiger partial charge in [0.15, 0.2) is 0 Å². The van der Waals surface area contributed by atoms with Crippen LogP contribution < -0.4 is 0 Å². The molecule has 16 heavy (non-hydrogen) atoms. The van der Waals surface area contributed by atoms with Gasteiger partial charge in [0, 0.05) is 19.4 Å². The quantitative estimate of drug-likeness (QED) is 0.711. The third-order valence-corrected chi connectivity index (χ3v) is 2.21. The summed E-state index contributed by atoms with van der Waals surface area (Å²) in [6.07, 6.45) is 5.14. The van der Waals surface area contributed by atoms with Gasteiger partial charge in [0.1, 0.15) is 6.07 Å². The number of aryl methyl sites for hydroxylation is 1. The average Bonchev–Trinajstić information content (AvgIpc) is 2.73. The normalized spacial score (nSPS) is 11.1. The first-order valence-electron chi connectivity index (χ1n) is 4.82. The highest BCUT2D eigenvalue weighted by molar-refractivity contribution is 5.87. The fourth-order valence-corrected chi connectivity index (χ4v) is 1.36. The summed E-state index contributed by atoms with van der Waals surface area (Å²) < 4.78 is 1.71. The van der Waals surface area contributed by atoms with Crippen molar-refractivity contribution in [1.29, 1.82) is 5.26 Å². The molecule has 2 rings (SSSR count). The summed E-state index contributed by atoms with van der Waals surface area (Å²) in [6.45, 7) is 0. The zero-order chi connectivity index (χ0) is 11.4. The number of nitrogens with zero attached hydrogens (tertiary/aromatic N) is 4. The summed E-state index contributed by atoms with van der Waals surface area (Å²) in [4.78, 5) is 4.14. The molecule has 2 heterocycles. The third kappa shape index (κ3) is 1.98. The van der Waals surface area contributed by atoms with Gasteiger partial charge in [-0.3, -0.25) is 9.67 Å². The maximum atomic E-state index is 9.08. The van der Waals surface area contributed by atoms with Crippen molar-refractivity contribution in [3.05, 3.63) is 48.0 Å². The van der Waals surface area contributed by atoms with Crippen molar-refractivity contribution in [1.82, 2.24) is 14.8 Å². The number of hydrogen-bond donors (Lipinski definition) is 0. The van der Waals surface area contributed by atoms with E-state index >= 15 is 0 Å². The van der Waals surface area contributed by atoms with Crippen LogP contribution in [0.3, 0.4) is 0 Å². The average molecular weight is 210 g/mol. The molecule has 0 spiro atoms. The molecule has 0 bridgehead atoms. The van der Waals surface area contributed by atoms with Crippen LogP contribution in [-0.4, -0.2) is 14.8 Å². The van der Waals surface area contributed by atoms with Gasteiger partial charge in [-0.2, -0.15) is 10.4 Å². The van der Waals surface area contributed by atoms with E-state index < -0.39 is 0 Å². The molecule has 2 aromatic rings. The summed E-state index contributed by atoms with van der Waals surface area (Å²) >= 11 is 0. The van der Waals surface area contributed by atoms with Gasteiger partial charge < -0.3 is 0 Å². The topological polar surface area (TPSA) is 54.5 Å². The van der Waals surface area contributed by atoms with E-state index in [9.17, 15) is 0 Å². The van der Waals surface area contributed by atoms with E-state index in [1.165, 1.54) is 0 Å². The standard InChI is InChI=1S/C12H10N4/c1-16-11(5-7-15-16)8-10(9-13)12-4-2-3-6-14-12/h2-8H,1H3/b10-8+. The lowest BCUT2D eigenvalue weighted by atomic mass is 10.1. The minimum Gasteiger partial charge on any atom is -0.269 e. The Bertz CT molecular complexity index is 546. The van der Waals surface area contributed by atoms with Crippen LogP contribution in [0.4, 0.5) is 0 Å². The molecule has 0 amide bonds. The van der Waals surface area contributed by atoms with Crippen molar-refractivity contribution >= 4 is 11.6 Å². The number of aromatic nitrogens is 3. The fourth-order valence-electron chi connectivity index (χ4n) is 1.36. The minimum atomic E-state index is 0.532. The highest BCUT2D eigenvalue weighted by Gasteiger charge is 2.03. The zero-order valence-electron chi connectivity index (χ0n) is 8.83. The predicted octanol–water partition coefficient (Wildman–Crippen LogP) is 1.88. The van der Waals surface area contributed by atoms with E-state index in [0.717, 1.165) is 5.69 Å². The SMILES string of the molecule is Cn1nccc1/C=C(\C#N)c1ccccn1. The minimum absolute atomic E-state index is 0.532. The van der Waals surface area contributed by atoms with Crippen LogP contribution in [0, 0.1) is 11.3 Å². The van der Waals surface area contributed by atoms with Crippen molar-refractivity contribution in [2.75, 3.05) is 0 Å². The molecular formula is C12H10N4. The van der Waals surface area contributed by atoms with Crippen LogP contribution in [0.1, 0.15) is 11.4 Å². The molecule has 4 heteroatoms. The maximum absolute atomic E-state index is 9.08. The van der Waals surface area contributed by atoms with Crippen molar-refractivity contribution in [3.8, 4) is 6.07 Å². The summed E-state index contributed by atoms with van der Waals surface area (Å²) in [6, 6.07) is 9.48. The molecule has 0 aliphatic rings. The van der Waals surface area contributed by atoms with Gasteiger partial charge in [-0.15, -0.1) is 0 Å². The molecule has 0 saturated carbocycles. The molecule has 0 aromatic carbocycles. The molecule has 78 valence electrons. The Morgan fingerprint density at radius 3 is 2.81 bits per heavy atom. The first-order valence-corrected chi connectivity index (χ1v) is 4.82. The van der Waals surface area contributed by atoms with Crippen molar-refractivity contribution in [2.45, 2.75) is 0 Å². The first kappa shape index (κ1) is 10.1. The highest BCUT2D eigenvalue weighted by Crippen LogP contribution is 2.14. The molecule has 4 nitrogen and oxygen atoms in total. The van der Waals surface area contributed by atoms with Crippen LogP contribution in [0.5, 0.6) is 0 Å². The van der Waals surface area contributed by atoms with E-state index in [-0.39, 0.29) is 0 Å². The molecular weight excluding hydrogens is 200 g/mol. The Kier molecular flexibility index (Phi) is 2.79. The predicted molar refractivity (Wildman–Crippen MR) is 60.9 cm³/mol. The highest BCUT2D eigenvalue weighted by atomic mass is 15.2. The fraction of sp³-hybridized carbons (Fsp3) is 0.0833. The smallest absolute Gasteiger partial charge is 0.101 e. The van der Waals surface area contributed by atoms with Gasteiger partial charge in [-0.1, -0.05) is 6.07 Å². The van der Waals surface area contributed by atoms with E-state index in [0.29, 0.717) is 11.3 Å². The largest absolute Gasteiger partial charge is 0.269 e. The number of hydrogen-bond acceptors (Lipinski definition) is 3. The van der Waals surface area contributed by atoms with Crippen LogP contribution in [-0.2, 0) is 7.05 Å². The van der Waals surface area contributed by atoms with E-state index in [1.54, 1.807) is 23.2 Å². The molecule has 0 radical (unpaired) electrons. The second-order valence-corrected chi connectivity index (χ2v) is 3.26. The van der Waals surface area contributed by atoms with E-state index in [1.807, 2.05) is 31.3 Å². The molecule has 0 atom stereocenters. The number of pyridine rings is 1. The van der Waals surface area contributed by atoms with Crippen molar-refractivity contribution in [2.24, 2.45) is 7.05 Å². The number of allylic oxidation sites excluding steroid dienone is 1. The molecule has 2 aromatic heterocycles. The van der Waals surface area contributed by atoms with Gasteiger partial charge in [-0.05, 0) is 24.3 Å². The molecule has 0 fully saturated rings. The van der Waals surface area contributed by atoms with Gasteiger partial charge in [-0.25, -0.2) is 0 Å². The Balaban J connectivity index is 2.43. The summed E-state index contributed by atoms with van der Waals surface area (Å²) in [5, 5.41) is 13.1.